The fraction of sp³-hybridized carbons (Fsp3) is 0.533. The van der Waals surface area contributed by atoms with Crippen molar-refractivity contribution < 1.29 is 13.6 Å². The zero-order valence-electron chi connectivity index (χ0n) is 11.9. The molecule has 110 valence electrons. The van der Waals surface area contributed by atoms with E-state index < -0.39 is 28.6 Å². The number of nitrogens with zero attached hydrogens (tertiary/aromatic N) is 1. The van der Waals surface area contributed by atoms with E-state index in [0.717, 1.165) is 44.6 Å². The number of halogens is 2. The minimum absolute atomic E-state index is 0.405. The molecule has 1 fully saturated rings. The highest BCUT2D eigenvalue weighted by Gasteiger charge is 2.32. The lowest BCUT2D eigenvalue weighted by Gasteiger charge is -2.39. The van der Waals surface area contributed by atoms with Crippen LogP contribution in [0.1, 0.15) is 37.0 Å². The summed E-state index contributed by atoms with van der Waals surface area (Å²) in [7, 11) is 0. The fourth-order valence-corrected chi connectivity index (χ4v) is 2.54. The number of nitrogens with one attached hydrogen (secondary N) is 1. The summed E-state index contributed by atoms with van der Waals surface area (Å²) in [5, 5.41) is 2.79. The van der Waals surface area contributed by atoms with Crippen molar-refractivity contribution >= 4 is 5.91 Å². The Bertz CT molecular complexity index is 476. The quantitative estimate of drug-likeness (QED) is 0.924. The molecule has 0 aliphatic carbocycles. The molecule has 0 radical (unpaired) electrons. The molecule has 0 spiro atoms. The standard InChI is InChI=1S/C15H20F2N2O/c1-3-19-9-7-15(2,8-10-19)18-14(20)13-11(16)5-4-6-12(13)17/h4-6H,3,7-10H2,1-2H3,(H,18,20). The summed E-state index contributed by atoms with van der Waals surface area (Å²) in [6.07, 6.45) is 1.56. The van der Waals surface area contributed by atoms with Crippen molar-refractivity contribution in [1.82, 2.24) is 10.2 Å². The van der Waals surface area contributed by atoms with Crippen molar-refractivity contribution in [2.24, 2.45) is 0 Å². The van der Waals surface area contributed by atoms with Gasteiger partial charge in [-0.3, -0.25) is 4.79 Å². The minimum atomic E-state index is -0.822. The largest absolute Gasteiger partial charge is 0.347 e. The van der Waals surface area contributed by atoms with Gasteiger partial charge >= 0.3 is 0 Å². The van der Waals surface area contributed by atoms with Crippen LogP contribution in [-0.2, 0) is 0 Å². The lowest BCUT2D eigenvalue weighted by atomic mass is 9.89. The number of rotatable bonds is 3. The van der Waals surface area contributed by atoms with Crippen LogP contribution in [0.2, 0.25) is 0 Å². The van der Waals surface area contributed by atoms with Gasteiger partial charge in [-0.1, -0.05) is 13.0 Å². The third-order valence-corrected chi connectivity index (χ3v) is 4.01. The maximum absolute atomic E-state index is 13.6. The van der Waals surface area contributed by atoms with Gasteiger partial charge in [0.1, 0.15) is 17.2 Å². The summed E-state index contributed by atoms with van der Waals surface area (Å²) >= 11 is 0. The van der Waals surface area contributed by atoms with Gasteiger partial charge in [0.2, 0.25) is 0 Å². The highest BCUT2D eigenvalue weighted by atomic mass is 19.1. The molecule has 1 heterocycles. The smallest absolute Gasteiger partial charge is 0.257 e. The van der Waals surface area contributed by atoms with Crippen LogP contribution < -0.4 is 5.32 Å². The van der Waals surface area contributed by atoms with Crippen molar-refractivity contribution in [3.63, 3.8) is 0 Å². The molecule has 0 saturated carbocycles. The normalized spacial score (nSPS) is 18.8. The second kappa shape index (κ2) is 5.87. The number of amides is 1. The third-order valence-electron chi connectivity index (χ3n) is 4.01. The van der Waals surface area contributed by atoms with E-state index in [1.54, 1.807) is 0 Å². The van der Waals surface area contributed by atoms with Gasteiger partial charge in [-0.25, -0.2) is 8.78 Å². The SMILES string of the molecule is CCN1CCC(C)(NC(=O)c2c(F)cccc2F)CC1. The Balaban J connectivity index is 2.08. The molecule has 0 aromatic heterocycles. The molecule has 1 N–H and O–H groups in total. The molecule has 1 amide bonds. The number of hydrogen-bond donors (Lipinski definition) is 1. The molecule has 0 unspecified atom stereocenters. The van der Waals surface area contributed by atoms with Crippen LogP contribution in [-0.4, -0.2) is 36.0 Å². The van der Waals surface area contributed by atoms with E-state index in [-0.39, 0.29) is 0 Å². The lowest BCUT2D eigenvalue weighted by Crippen LogP contribution is -2.53. The third kappa shape index (κ3) is 3.15. The molecular weight excluding hydrogens is 262 g/mol. The zero-order chi connectivity index (χ0) is 14.8. The molecular formula is C15H20F2N2O. The minimum Gasteiger partial charge on any atom is -0.347 e. The van der Waals surface area contributed by atoms with Crippen LogP contribution in [0.3, 0.4) is 0 Å². The van der Waals surface area contributed by atoms with Crippen LogP contribution in [0.5, 0.6) is 0 Å². The van der Waals surface area contributed by atoms with Crippen LogP contribution in [0.15, 0.2) is 18.2 Å². The molecule has 1 aliphatic rings. The number of hydrogen-bond acceptors (Lipinski definition) is 2. The highest BCUT2D eigenvalue weighted by Crippen LogP contribution is 2.23. The number of benzene rings is 1. The molecule has 20 heavy (non-hydrogen) atoms. The summed E-state index contributed by atoms with van der Waals surface area (Å²) in [4.78, 5) is 14.4. The Morgan fingerprint density at radius 2 is 1.85 bits per heavy atom. The van der Waals surface area contributed by atoms with Crippen LogP contribution in [0, 0.1) is 11.6 Å². The summed E-state index contributed by atoms with van der Waals surface area (Å²) in [5.41, 5.74) is -0.899. The van der Waals surface area contributed by atoms with Gasteiger partial charge in [0.25, 0.3) is 5.91 Å². The monoisotopic (exact) mass is 282 g/mol. The highest BCUT2D eigenvalue weighted by molar-refractivity contribution is 5.95. The number of carbonyl (C=O) groups excluding carboxylic acids is 1. The van der Waals surface area contributed by atoms with Gasteiger partial charge in [-0.15, -0.1) is 0 Å². The van der Waals surface area contributed by atoms with Gasteiger partial charge in [0.05, 0.1) is 0 Å². The molecule has 1 aliphatic heterocycles. The predicted molar refractivity (Wildman–Crippen MR) is 73.6 cm³/mol. The van der Waals surface area contributed by atoms with Crippen molar-refractivity contribution in [2.75, 3.05) is 19.6 Å². The first kappa shape index (κ1) is 14.9. The maximum Gasteiger partial charge on any atom is 0.257 e. The summed E-state index contributed by atoms with van der Waals surface area (Å²) < 4.78 is 27.2. The molecule has 3 nitrogen and oxygen atoms in total. The Hall–Kier alpha value is -1.49. The number of piperidine rings is 1. The van der Waals surface area contributed by atoms with E-state index in [2.05, 4.69) is 17.1 Å². The fourth-order valence-electron chi connectivity index (χ4n) is 2.54. The predicted octanol–water partition coefficient (Wildman–Crippen LogP) is 2.57. The Kier molecular flexibility index (Phi) is 4.38. The first-order valence-electron chi connectivity index (χ1n) is 6.94. The Morgan fingerprint density at radius 3 is 2.35 bits per heavy atom. The molecule has 0 atom stereocenters. The van der Waals surface area contributed by atoms with Gasteiger partial charge in [-0.2, -0.15) is 0 Å². The topological polar surface area (TPSA) is 32.3 Å². The molecule has 2 rings (SSSR count). The molecule has 0 bridgehead atoms. The molecule has 1 aromatic carbocycles. The van der Waals surface area contributed by atoms with E-state index in [1.807, 2.05) is 6.92 Å². The van der Waals surface area contributed by atoms with E-state index in [9.17, 15) is 13.6 Å². The maximum atomic E-state index is 13.6. The van der Waals surface area contributed by atoms with Gasteiger partial charge < -0.3 is 10.2 Å². The molecule has 1 aromatic rings. The Morgan fingerprint density at radius 1 is 1.30 bits per heavy atom. The molecule has 5 heteroatoms. The first-order chi connectivity index (χ1) is 9.45. The zero-order valence-corrected chi connectivity index (χ0v) is 11.9. The van der Waals surface area contributed by atoms with Crippen LogP contribution in [0.25, 0.3) is 0 Å². The van der Waals surface area contributed by atoms with E-state index >= 15 is 0 Å². The average molecular weight is 282 g/mol. The first-order valence-corrected chi connectivity index (χ1v) is 6.94. The second-order valence-corrected chi connectivity index (χ2v) is 5.55. The Labute approximate surface area is 118 Å². The van der Waals surface area contributed by atoms with Crippen LogP contribution >= 0.6 is 0 Å². The van der Waals surface area contributed by atoms with Crippen molar-refractivity contribution in [3.05, 3.63) is 35.4 Å². The number of carbonyl (C=O) groups is 1. The van der Waals surface area contributed by atoms with Gasteiger partial charge in [0.15, 0.2) is 0 Å². The average Bonchev–Trinajstić information content (AvgIpc) is 2.39. The lowest BCUT2D eigenvalue weighted by molar-refractivity contribution is 0.0831. The van der Waals surface area contributed by atoms with Crippen LogP contribution in [0.4, 0.5) is 8.78 Å². The van der Waals surface area contributed by atoms with Gasteiger partial charge in [-0.05, 0) is 38.4 Å². The van der Waals surface area contributed by atoms with E-state index in [1.165, 1.54) is 6.07 Å². The summed E-state index contributed by atoms with van der Waals surface area (Å²) in [6, 6.07) is 3.45. The number of likely N-dealkylation sites (tertiary alicyclic amines) is 1. The summed E-state index contributed by atoms with van der Waals surface area (Å²) in [5.74, 6) is -2.32. The summed E-state index contributed by atoms with van der Waals surface area (Å²) in [6.45, 7) is 6.76. The van der Waals surface area contributed by atoms with Crippen molar-refractivity contribution in [3.8, 4) is 0 Å². The van der Waals surface area contributed by atoms with E-state index in [4.69, 9.17) is 0 Å². The molecule has 1 saturated heterocycles. The van der Waals surface area contributed by atoms with Crippen molar-refractivity contribution in [1.29, 1.82) is 0 Å². The van der Waals surface area contributed by atoms with Gasteiger partial charge in [0, 0.05) is 18.6 Å². The van der Waals surface area contributed by atoms with Crippen molar-refractivity contribution in [2.45, 2.75) is 32.2 Å². The second-order valence-electron chi connectivity index (χ2n) is 5.55. The van der Waals surface area contributed by atoms with E-state index in [0.29, 0.717) is 0 Å².